The highest BCUT2D eigenvalue weighted by Crippen LogP contribution is 2.52. The van der Waals surface area contributed by atoms with Crippen LogP contribution in [0.4, 0.5) is 17.1 Å². The van der Waals surface area contributed by atoms with Crippen molar-refractivity contribution in [3.63, 3.8) is 0 Å². The normalized spacial score (nSPS) is 12.6. The number of hydrogen-bond acceptors (Lipinski definition) is 2. The van der Waals surface area contributed by atoms with E-state index < -0.39 is 0 Å². The first kappa shape index (κ1) is 47.1. The Kier molecular flexibility index (Phi) is 11.2. The third kappa shape index (κ3) is 7.78. The van der Waals surface area contributed by atoms with Crippen molar-refractivity contribution < 1.29 is 0 Å². The molecular weight excluding hydrogens is 970 g/mol. The van der Waals surface area contributed by atoms with Crippen molar-refractivity contribution >= 4 is 84.2 Å². The van der Waals surface area contributed by atoms with Gasteiger partial charge in [-0.3, -0.25) is 0 Å². The van der Waals surface area contributed by atoms with Crippen molar-refractivity contribution in [2.75, 3.05) is 4.90 Å². The van der Waals surface area contributed by atoms with Crippen LogP contribution in [0.2, 0.25) is 0 Å². The van der Waals surface area contributed by atoms with E-state index in [0.29, 0.717) is 0 Å². The summed E-state index contributed by atoms with van der Waals surface area (Å²) in [5.41, 5.74) is 23.4. The lowest BCUT2D eigenvalue weighted by molar-refractivity contribution is 0.589. The molecule has 15 rings (SSSR count). The second-order valence-corrected chi connectivity index (χ2v) is 23.4. The van der Waals surface area contributed by atoms with Gasteiger partial charge in [0.05, 0.1) is 5.69 Å². The van der Waals surface area contributed by atoms with Gasteiger partial charge in [-0.05, 0) is 134 Å². The molecule has 13 aromatic rings. The van der Waals surface area contributed by atoms with Gasteiger partial charge in [0, 0.05) is 32.3 Å². The molecule has 79 heavy (non-hydrogen) atoms. The zero-order chi connectivity index (χ0) is 52.8. The molecule has 0 fully saturated rings. The van der Waals surface area contributed by atoms with Crippen LogP contribution < -0.4 is 21.3 Å². The van der Waals surface area contributed by atoms with Gasteiger partial charge in [-0.25, -0.2) is 0 Å². The van der Waals surface area contributed by atoms with E-state index in [9.17, 15) is 0 Å². The summed E-state index contributed by atoms with van der Waals surface area (Å²) < 4.78 is 0. The van der Waals surface area contributed by atoms with Gasteiger partial charge < -0.3 is 4.90 Å². The van der Waals surface area contributed by atoms with Crippen LogP contribution >= 0.6 is 11.8 Å². The minimum Gasteiger partial charge on any atom is -0.310 e. The van der Waals surface area contributed by atoms with Crippen molar-refractivity contribution in [3.05, 3.63) is 279 Å². The summed E-state index contributed by atoms with van der Waals surface area (Å²) in [6.07, 6.45) is 0. The van der Waals surface area contributed by atoms with Crippen molar-refractivity contribution in [2.24, 2.45) is 0 Å². The highest BCUT2D eigenvalue weighted by atomic mass is 32.2. The van der Waals surface area contributed by atoms with Crippen LogP contribution in [0.3, 0.4) is 0 Å². The van der Waals surface area contributed by atoms with Crippen molar-refractivity contribution in [1.29, 1.82) is 0 Å². The number of para-hydroxylation sites is 1. The largest absolute Gasteiger partial charge is 0.310 e. The van der Waals surface area contributed by atoms with Gasteiger partial charge in [-0.2, -0.15) is 0 Å². The third-order valence-corrected chi connectivity index (χ3v) is 17.8. The van der Waals surface area contributed by atoms with Gasteiger partial charge in [-0.1, -0.05) is 287 Å². The first-order valence-corrected chi connectivity index (χ1v) is 28.4. The number of anilines is 3. The Balaban J connectivity index is 1.04. The third-order valence-electron chi connectivity index (χ3n) is 16.7. The second-order valence-electron chi connectivity index (χ2n) is 22.3. The Morgan fingerprint density at radius 1 is 0.316 bits per heavy atom. The first-order chi connectivity index (χ1) is 38.9. The van der Waals surface area contributed by atoms with Gasteiger partial charge in [0.15, 0.2) is 0 Å². The minimum absolute atomic E-state index is 0.0219. The van der Waals surface area contributed by atoms with Crippen LogP contribution in [-0.2, 0) is 5.41 Å². The lowest BCUT2D eigenvalue weighted by Crippen LogP contribution is -2.60. The van der Waals surface area contributed by atoms with Gasteiger partial charge in [-0.15, -0.1) is 0 Å². The minimum atomic E-state index is -0.124. The Morgan fingerprint density at radius 2 is 0.797 bits per heavy atom. The zero-order valence-corrected chi connectivity index (χ0v) is 45.2. The van der Waals surface area contributed by atoms with Crippen molar-refractivity contribution in [3.8, 4) is 66.8 Å². The molecule has 0 saturated heterocycles. The van der Waals surface area contributed by atoms with E-state index in [1.807, 2.05) is 11.8 Å². The lowest BCUT2D eigenvalue weighted by Gasteiger charge is -2.43. The molecule has 2 heterocycles. The zero-order valence-electron chi connectivity index (χ0n) is 44.4. The summed E-state index contributed by atoms with van der Waals surface area (Å²) in [6, 6.07) is 102. The number of hydrogen-bond donors (Lipinski definition) is 0. The van der Waals surface area contributed by atoms with Gasteiger partial charge >= 0.3 is 0 Å². The van der Waals surface area contributed by atoms with Crippen LogP contribution in [0.25, 0.3) is 99.1 Å². The number of nitrogens with zero attached hydrogens (tertiary/aromatic N) is 1. The van der Waals surface area contributed by atoms with E-state index in [1.165, 1.54) is 148 Å². The van der Waals surface area contributed by atoms with Crippen molar-refractivity contribution in [1.82, 2.24) is 0 Å². The first-order valence-electron chi connectivity index (χ1n) is 27.6. The maximum absolute atomic E-state index is 2.68. The topological polar surface area (TPSA) is 3.24 Å². The molecule has 0 aromatic heterocycles. The average molecular weight is 1020 g/mol. The maximum Gasteiger partial charge on any atom is 0.249 e. The molecule has 0 radical (unpaired) electrons. The second kappa shape index (κ2) is 18.8. The highest BCUT2D eigenvalue weighted by molar-refractivity contribution is 8.00. The Bertz CT molecular complexity index is 4430. The van der Waals surface area contributed by atoms with Gasteiger partial charge in [0.2, 0.25) is 6.71 Å². The van der Waals surface area contributed by atoms with E-state index in [4.69, 9.17) is 0 Å². The standard InChI is InChI=1S/C76H54BNS/c1-76(2,3)55-47-69-74-71(48-55)79-70-44-40-53(49-23-8-4-9-24-49)45-67(70)77(74)66-43-39-54(46-68(66)78(69)75-57(51-27-12-6-13-28-51)37-22-38-58(75)52-29-14-7-15-30-52)72-61-33-18-20-35-63(61)73(64-36-21-19-34-62(64)72)65-42-41-56(50-25-10-5-11-26-50)59-31-16-17-32-60(59)65/h4-48H,1-3H3. The van der Waals surface area contributed by atoms with E-state index in [-0.39, 0.29) is 12.1 Å². The fourth-order valence-corrected chi connectivity index (χ4v) is 14.2. The Morgan fingerprint density at radius 3 is 1.37 bits per heavy atom. The van der Waals surface area contributed by atoms with Crippen LogP contribution in [0.5, 0.6) is 0 Å². The SMILES string of the molecule is CC(C)(C)c1cc2c3c(c1)N(c1c(-c4ccccc4)cccc1-c1ccccc1)c1cc(-c4c5ccccc5c(-c5ccc(-c6ccccc6)c6ccccc56)c5ccccc45)ccc1B3c1cc(-c3ccccc3)ccc1S2. The van der Waals surface area contributed by atoms with Crippen LogP contribution in [0, 0.1) is 0 Å². The summed E-state index contributed by atoms with van der Waals surface area (Å²) in [5, 5.41) is 7.43. The molecule has 0 amide bonds. The molecule has 0 saturated carbocycles. The van der Waals surface area contributed by atoms with E-state index in [1.54, 1.807) is 0 Å². The fraction of sp³-hybridized carbons (Fsp3) is 0.0526. The molecule has 3 heteroatoms. The molecule has 0 atom stereocenters. The van der Waals surface area contributed by atoms with E-state index in [2.05, 4.69) is 299 Å². The molecule has 0 spiro atoms. The summed E-state index contributed by atoms with van der Waals surface area (Å²) in [5.74, 6) is 0. The Hall–Kier alpha value is -9.15. The lowest BCUT2D eigenvalue weighted by atomic mass is 9.34. The average Bonchev–Trinajstić information content (AvgIpc) is 3.58. The van der Waals surface area contributed by atoms with Crippen LogP contribution in [0.15, 0.2) is 283 Å². The number of rotatable bonds is 7. The molecule has 2 aliphatic rings. The fourth-order valence-electron chi connectivity index (χ4n) is 13.0. The predicted molar refractivity (Wildman–Crippen MR) is 340 cm³/mol. The van der Waals surface area contributed by atoms with Gasteiger partial charge in [0.25, 0.3) is 0 Å². The van der Waals surface area contributed by atoms with E-state index >= 15 is 0 Å². The van der Waals surface area contributed by atoms with Gasteiger partial charge in [0.1, 0.15) is 0 Å². The Labute approximate surface area is 467 Å². The highest BCUT2D eigenvalue weighted by Gasteiger charge is 2.43. The molecular formula is C76H54BNS. The summed E-state index contributed by atoms with van der Waals surface area (Å²) in [6.45, 7) is 7.06. The molecule has 1 nitrogen and oxygen atoms in total. The quantitative estimate of drug-likeness (QED) is 0.116. The summed E-state index contributed by atoms with van der Waals surface area (Å²) in [4.78, 5) is 5.31. The molecule has 13 aromatic carbocycles. The summed E-state index contributed by atoms with van der Waals surface area (Å²) >= 11 is 1.93. The van der Waals surface area contributed by atoms with Crippen molar-refractivity contribution in [2.45, 2.75) is 36.0 Å². The number of fused-ring (bicyclic) bond motifs is 7. The molecule has 372 valence electrons. The number of benzene rings is 13. The smallest absolute Gasteiger partial charge is 0.249 e. The maximum atomic E-state index is 2.68. The van der Waals surface area contributed by atoms with Crippen LogP contribution in [0.1, 0.15) is 26.3 Å². The molecule has 2 aliphatic heterocycles. The van der Waals surface area contributed by atoms with E-state index in [0.717, 1.165) is 0 Å². The molecule has 0 bridgehead atoms. The van der Waals surface area contributed by atoms with Crippen LogP contribution in [-0.4, -0.2) is 6.71 Å². The molecule has 0 aliphatic carbocycles. The summed E-state index contributed by atoms with van der Waals surface area (Å²) in [7, 11) is 0. The molecule has 0 N–H and O–H groups in total. The molecule has 0 unspecified atom stereocenters. The monoisotopic (exact) mass is 1020 g/mol. The predicted octanol–water partition coefficient (Wildman–Crippen LogP) is 19.2.